The van der Waals surface area contributed by atoms with E-state index in [-0.39, 0.29) is 0 Å². The number of amidine groups is 1. The Bertz CT molecular complexity index is 669. The van der Waals surface area contributed by atoms with Gasteiger partial charge in [0.1, 0.15) is 4.90 Å². The molecule has 1 fully saturated rings. The number of benzene rings is 1. The van der Waals surface area contributed by atoms with E-state index in [4.69, 9.17) is 0 Å². The Kier molecular flexibility index (Phi) is 3.75. The number of hydrogen-bond donors (Lipinski definition) is 0. The van der Waals surface area contributed by atoms with Gasteiger partial charge in [-0.3, -0.25) is 0 Å². The average molecular weight is 307 g/mol. The van der Waals surface area contributed by atoms with Crippen molar-refractivity contribution in [3.05, 3.63) is 29.8 Å². The van der Waals surface area contributed by atoms with Gasteiger partial charge in [-0.25, -0.2) is 0 Å². The minimum atomic E-state index is -3.52. The molecule has 1 unspecified atom stereocenters. The number of piperidine rings is 1. The normalized spacial score (nSPS) is 24.5. The maximum Gasteiger partial charge on any atom is 0.285 e. The predicted octanol–water partition coefficient (Wildman–Crippen LogP) is 1.41. The Hall–Kier alpha value is -1.40. The Labute approximate surface area is 126 Å². The van der Waals surface area contributed by atoms with Gasteiger partial charge in [-0.1, -0.05) is 12.1 Å². The minimum absolute atomic E-state index is 0.326. The van der Waals surface area contributed by atoms with E-state index in [1.807, 2.05) is 24.1 Å². The van der Waals surface area contributed by atoms with Crippen molar-refractivity contribution in [3.8, 4) is 0 Å². The number of rotatable bonds is 2. The first kappa shape index (κ1) is 14.5. The van der Waals surface area contributed by atoms with E-state index in [1.54, 1.807) is 12.1 Å². The van der Waals surface area contributed by atoms with Gasteiger partial charge in [-0.05, 0) is 44.5 Å². The van der Waals surface area contributed by atoms with E-state index in [0.29, 0.717) is 16.6 Å². The van der Waals surface area contributed by atoms with Gasteiger partial charge in [0.25, 0.3) is 10.0 Å². The number of fused-ring (bicyclic) bond motifs is 1. The van der Waals surface area contributed by atoms with Crippen molar-refractivity contribution in [2.45, 2.75) is 17.7 Å². The number of nitrogens with zero attached hydrogens (tertiary/aromatic N) is 3. The molecular weight excluding hydrogens is 286 g/mol. The molecule has 6 heteroatoms. The molecule has 21 heavy (non-hydrogen) atoms. The minimum Gasteiger partial charge on any atom is -0.358 e. The van der Waals surface area contributed by atoms with Gasteiger partial charge in [-0.2, -0.15) is 8.42 Å². The maximum absolute atomic E-state index is 12.1. The Morgan fingerprint density at radius 2 is 2.14 bits per heavy atom. The Morgan fingerprint density at radius 1 is 1.38 bits per heavy atom. The van der Waals surface area contributed by atoms with Gasteiger partial charge in [0.05, 0.1) is 0 Å². The molecular formula is C15H21N3O2S. The second kappa shape index (κ2) is 5.42. The first-order valence-corrected chi connectivity index (χ1v) is 8.75. The van der Waals surface area contributed by atoms with Gasteiger partial charge >= 0.3 is 0 Å². The molecule has 0 aliphatic carbocycles. The summed E-state index contributed by atoms with van der Waals surface area (Å²) in [6, 6.07) is 7.06. The van der Waals surface area contributed by atoms with Crippen LogP contribution in [0.5, 0.6) is 0 Å². The van der Waals surface area contributed by atoms with Crippen LogP contribution in [-0.4, -0.2) is 57.8 Å². The first-order valence-electron chi connectivity index (χ1n) is 7.31. The lowest BCUT2D eigenvalue weighted by Gasteiger charge is -2.33. The van der Waals surface area contributed by atoms with Crippen LogP contribution in [0.1, 0.15) is 18.4 Å². The number of sulfonamides is 1. The van der Waals surface area contributed by atoms with Crippen LogP contribution in [0.2, 0.25) is 0 Å². The van der Waals surface area contributed by atoms with Crippen LogP contribution in [0.3, 0.4) is 0 Å². The van der Waals surface area contributed by atoms with Crippen LogP contribution in [0, 0.1) is 5.92 Å². The molecule has 2 aliphatic rings. The molecule has 1 atom stereocenters. The van der Waals surface area contributed by atoms with Crippen molar-refractivity contribution in [3.63, 3.8) is 0 Å². The first-order chi connectivity index (χ1) is 9.97. The van der Waals surface area contributed by atoms with E-state index < -0.39 is 10.0 Å². The summed E-state index contributed by atoms with van der Waals surface area (Å²) in [5, 5.41) is 0. The largest absolute Gasteiger partial charge is 0.358 e. The fourth-order valence-electron chi connectivity index (χ4n) is 3.26. The zero-order valence-electron chi connectivity index (χ0n) is 12.5. The Balaban J connectivity index is 1.81. The molecule has 114 valence electrons. The molecule has 1 aromatic carbocycles. The maximum atomic E-state index is 12.1. The smallest absolute Gasteiger partial charge is 0.285 e. The summed E-state index contributed by atoms with van der Waals surface area (Å²) in [4.78, 5) is 4.66. The average Bonchev–Trinajstić information content (AvgIpc) is 2.72. The van der Waals surface area contributed by atoms with Crippen molar-refractivity contribution in [1.29, 1.82) is 0 Å². The van der Waals surface area contributed by atoms with Crippen molar-refractivity contribution in [2.75, 3.05) is 33.7 Å². The van der Waals surface area contributed by atoms with Crippen LogP contribution >= 0.6 is 0 Å². The quantitative estimate of drug-likeness (QED) is 0.829. The molecule has 1 aromatic rings. The standard InChI is InChI=1S/C15H21N3O2S/c1-17-9-5-6-12(10-17)11-18(2)15-13-7-3-4-8-14(13)21(19,20)16-15/h3-4,7-8,12H,5-6,9-11H2,1-2H3. The lowest BCUT2D eigenvalue weighted by Crippen LogP contribution is -2.40. The van der Waals surface area contributed by atoms with E-state index in [0.717, 1.165) is 25.2 Å². The summed E-state index contributed by atoms with van der Waals surface area (Å²) >= 11 is 0. The van der Waals surface area contributed by atoms with Crippen LogP contribution in [-0.2, 0) is 10.0 Å². The molecule has 0 aromatic heterocycles. The van der Waals surface area contributed by atoms with Gasteiger partial charge in [0.15, 0.2) is 5.84 Å². The highest BCUT2D eigenvalue weighted by Gasteiger charge is 2.31. The van der Waals surface area contributed by atoms with Crippen molar-refractivity contribution < 1.29 is 8.42 Å². The molecule has 0 saturated carbocycles. The van der Waals surface area contributed by atoms with Crippen LogP contribution in [0.25, 0.3) is 0 Å². The third-order valence-electron chi connectivity index (χ3n) is 4.23. The van der Waals surface area contributed by atoms with Crippen molar-refractivity contribution in [1.82, 2.24) is 9.80 Å². The fourth-order valence-corrected chi connectivity index (χ4v) is 4.51. The van der Waals surface area contributed by atoms with Crippen LogP contribution in [0.15, 0.2) is 33.6 Å². The lowest BCUT2D eigenvalue weighted by molar-refractivity contribution is 0.190. The summed E-state index contributed by atoms with van der Waals surface area (Å²) in [6.07, 6.45) is 2.40. The Morgan fingerprint density at radius 3 is 2.90 bits per heavy atom. The van der Waals surface area contributed by atoms with Crippen molar-refractivity contribution in [2.24, 2.45) is 10.3 Å². The number of hydrogen-bond acceptors (Lipinski definition) is 4. The monoisotopic (exact) mass is 307 g/mol. The van der Waals surface area contributed by atoms with E-state index in [9.17, 15) is 8.42 Å². The summed E-state index contributed by atoms with van der Waals surface area (Å²) < 4.78 is 28.2. The third-order valence-corrected chi connectivity index (χ3v) is 5.55. The third kappa shape index (κ3) is 2.82. The van der Waals surface area contributed by atoms with Gasteiger partial charge in [-0.15, -0.1) is 4.40 Å². The molecule has 3 rings (SSSR count). The van der Waals surface area contributed by atoms with Crippen molar-refractivity contribution >= 4 is 15.9 Å². The van der Waals surface area contributed by atoms with E-state index >= 15 is 0 Å². The summed E-state index contributed by atoms with van der Waals surface area (Å²) in [6.45, 7) is 3.05. The van der Waals surface area contributed by atoms with Crippen LogP contribution in [0.4, 0.5) is 0 Å². The second-order valence-electron chi connectivity index (χ2n) is 6.04. The molecule has 0 spiro atoms. The summed E-state index contributed by atoms with van der Waals surface area (Å²) in [5.41, 5.74) is 0.726. The summed E-state index contributed by atoms with van der Waals surface area (Å²) in [5.74, 6) is 1.14. The second-order valence-corrected chi connectivity index (χ2v) is 7.61. The molecule has 0 radical (unpaired) electrons. The zero-order valence-corrected chi connectivity index (χ0v) is 13.3. The molecule has 0 amide bonds. The SMILES string of the molecule is CN1CCCC(CN(C)C2=NS(=O)(=O)c3ccccc32)C1. The van der Waals surface area contributed by atoms with Gasteiger partial charge in [0.2, 0.25) is 0 Å². The highest BCUT2D eigenvalue weighted by Crippen LogP contribution is 2.27. The molecule has 2 heterocycles. The summed E-state index contributed by atoms with van der Waals surface area (Å²) in [7, 11) is 0.558. The molecule has 0 bridgehead atoms. The highest BCUT2D eigenvalue weighted by atomic mass is 32.2. The highest BCUT2D eigenvalue weighted by molar-refractivity contribution is 7.90. The molecule has 1 saturated heterocycles. The topological polar surface area (TPSA) is 53.0 Å². The van der Waals surface area contributed by atoms with Gasteiger partial charge in [0, 0.05) is 25.7 Å². The molecule has 5 nitrogen and oxygen atoms in total. The molecule has 0 N–H and O–H groups in total. The number of likely N-dealkylation sites (tertiary alicyclic amines) is 1. The lowest BCUT2D eigenvalue weighted by atomic mass is 9.98. The fraction of sp³-hybridized carbons (Fsp3) is 0.533. The van der Waals surface area contributed by atoms with E-state index in [2.05, 4.69) is 16.3 Å². The predicted molar refractivity (Wildman–Crippen MR) is 83.0 cm³/mol. The van der Waals surface area contributed by atoms with E-state index in [1.165, 1.54) is 12.8 Å². The van der Waals surface area contributed by atoms with Crippen LogP contribution < -0.4 is 0 Å². The zero-order chi connectivity index (χ0) is 15.0. The van der Waals surface area contributed by atoms with Gasteiger partial charge < -0.3 is 9.80 Å². The molecule has 2 aliphatic heterocycles.